The summed E-state index contributed by atoms with van der Waals surface area (Å²) < 4.78 is 0. The second-order valence-corrected chi connectivity index (χ2v) is 5.93. The van der Waals surface area contributed by atoms with Gasteiger partial charge in [0.25, 0.3) is 0 Å². The molecule has 1 fully saturated rings. The molecule has 0 bridgehead atoms. The first-order valence-electron chi connectivity index (χ1n) is 7.27. The second kappa shape index (κ2) is 6.30. The zero-order valence-electron chi connectivity index (χ0n) is 13.1. The lowest BCUT2D eigenvalue weighted by Crippen LogP contribution is -2.47. The van der Waals surface area contributed by atoms with E-state index in [-0.39, 0.29) is 11.9 Å². The van der Waals surface area contributed by atoms with Gasteiger partial charge >= 0.3 is 6.03 Å². The summed E-state index contributed by atoms with van der Waals surface area (Å²) in [7, 11) is 3.79. The van der Waals surface area contributed by atoms with Crippen LogP contribution >= 0.6 is 0 Å². The van der Waals surface area contributed by atoms with Gasteiger partial charge in [-0.2, -0.15) is 0 Å². The molecule has 1 aliphatic heterocycles. The standard InChI is InChI=1S/C15H24N4O2/c1-10-7-8-19(9-13(10)20)15(21)17-12-6-5-11(2)16-14(12)18(3)4/h5-6,10,13,20H,7-9H2,1-4H3,(H,17,21). The Labute approximate surface area is 125 Å². The van der Waals surface area contributed by atoms with Gasteiger partial charge in [-0.05, 0) is 31.4 Å². The predicted octanol–water partition coefficient (Wildman–Crippen LogP) is 1.69. The van der Waals surface area contributed by atoms with E-state index in [9.17, 15) is 9.90 Å². The number of amides is 2. The van der Waals surface area contributed by atoms with Gasteiger partial charge in [-0.15, -0.1) is 0 Å². The number of aliphatic hydroxyl groups excluding tert-OH is 1. The van der Waals surface area contributed by atoms with E-state index in [1.54, 1.807) is 4.90 Å². The van der Waals surface area contributed by atoms with Gasteiger partial charge in [-0.1, -0.05) is 6.92 Å². The molecule has 0 aliphatic carbocycles. The number of carbonyl (C=O) groups excluding carboxylic acids is 1. The third kappa shape index (κ3) is 3.64. The number of anilines is 2. The SMILES string of the molecule is Cc1ccc(NC(=O)N2CCC(C)C(O)C2)c(N(C)C)n1. The number of aromatic nitrogens is 1. The number of pyridine rings is 1. The summed E-state index contributed by atoms with van der Waals surface area (Å²) in [4.78, 5) is 20.3. The molecule has 0 spiro atoms. The van der Waals surface area contributed by atoms with Gasteiger partial charge < -0.3 is 20.2 Å². The fourth-order valence-corrected chi connectivity index (χ4v) is 2.41. The third-order valence-corrected chi connectivity index (χ3v) is 3.89. The van der Waals surface area contributed by atoms with Crippen LogP contribution in [0.15, 0.2) is 12.1 Å². The molecule has 21 heavy (non-hydrogen) atoms. The van der Waals surface area contributed by atoms with Crippen molar-refractivity contribution >= 4 is 17.5 Å². The van der Waals surface area contributed by atoms with Crippen molar-refractivity contribution in [3.63, 3.8) is 0 Å². The van der Waals surface area contributed by atoms with Crippen LogP contribution in [0.2, 0.25) is 0 Å². The summed E-state index contributed by atoms with van der Waals surface area (Å²) in [5.41, 5.74) is 1.59. The van der Waals surface area contributed by atoms with Crippen LogP contribution in [-0.2, 0) is 0 Å². The number of aryl methyl sites for hydroxylation is 1. The van der Waals surface area contributed by atoms with Crippen molar-refractivity contribution < 1.29 is 9.90 Å². The molecule has 0 radical (unpaired) electrons. The average Bonchev–Trinajstić information content (AvgIpc) is 2.43. The van der Waals surface area contributed by atoms with Crippen molar-refractivity contribution in [2.75, 3.05) is 37.4 Å². The number of urea groups is 1. The van der Waals surface area contributed by atoms with Crippen molar-refractivity contribution in [3.05, 3.63) is 17.8 Å². The quantitative estimate of drug-likeness (QED) is 0.870. The van der Waals surface area contributed by atoms with Crippen molar-refractivity contribution in [1.29, 1.82) is 0 Å². The molecule has 2 amide bonds. The fraction of sp³-hybridized carbons (Fsp3) is 0.600. The summed E-state index contributed by atoms with van der Waals surface area (Å²) in [5.74, 6) is 0.974. The van der Waals surface area contributed by atoms with Gasteiger partial charge in [0, 0.05) is 32.9 Å². The van der Waals surface area contributed by atoms with E-state index < -0.39 is 6.10 Å². The van der Waals surface area contributed by atoms with Crippen LogP contribution in [0, 0.1) is 12.8 Å². The molecule has 6 heteroatoms. The zero-order chi connectivity index (χ0) is 15.6. The molecular formula is C15H24N4O2. The summed E-state index contributed by atoms with van der Waals surface area (Å²) >= 11 is 0. The number of hydrogen-bond acceptors (Lipinski definition) is 4. The molecule has 2 atom stereocenters. The van der Waals surface area contributed by atoms with Crippen molar-refractivity contribution in [2.45, 2.75) is 26.4 Å². The monoisotopic (exact) mass is 292 g/mol. The molecule has 2 rings (SSSR count). The first kappa shape index (κ1) is 15.6. The van der Waals surface area contributed by atoms with Crippen LogP contribution in [0.25, 0.3) is 0 Å². The molecular weight excluding hydrogens is 268 g/mol. The van der Waals surface area contributed by atoms with E-state index in [0.29, 0.717) is 18.8 Å². The zero-order valence-corrected chi connectivity index (χ0v) is 13.1. The molecule has 0 aromatic carbocycles. The maximum Gasteiger partial charge on any atom is 0.322 e. The molecule has 1 aliphatic rings. The highest BCUT2D eigenvalue weighted by molar-refractivity contribution is 5.92. The number of hydrogen-bond donors (Lipinski definition) is 2. The first-order chi connectivity index (χ1) is 9.88. The van der Waals surface area contributed by atoms with Gasteiger partial charge in [0.15, 0.2) is 5.82 Å². The average molecular weight is 292 g/mol. The van der Waals surface area contributed by atoms with Gasteiger partial charge in [-0.3, -0.25) is 0 Å². The Morgan fingerprint density at radius 2 is 2.19 bits per heavy atom. The molecule has 2 unspecified atom stereocenters. The Kier molecular flexibility index (Phi) is 4.67. The Hall–Kier alpha value is -1.82. The number of β-amino-alcohol motifs (C(OH)–C–C–N with tert-alkyl or cyclic N) is 1. The largest absolute Gasteiger partial charge is 0.391 e. The number of likely N-dealkylation sites (tertiary alicyclic amines) is 1. The lowest BCUT2D eigenvalue weighted by Gasteiger charge is -2.34. The summed E-state index contributed by atoms with van der Waals surface area (Å²) in [6, 6.07) is 3.55. The molecule has 2 heterocycles. The topological polar surface area (TPSA) is 68.7 Å². The van der Waals surface area contributed by atoms with E-state index in [4.69, 9.17) is 0 Å². The summed E-state index contributed by atoms with van der Waals surface area (Å²) in [5, 5.41) is 12.8. The van der Waals surface area contributed by atoms with Crippen LogP contribution in [-0.4, -0.2) is 54.3 Å². The van der Waals surface area contributed by atoms with Gasteiger partial charge in [-0.25, -0.2) is 9.78 Å². The normalized spacial score (nSPS) is 22.0. The minimum Gasteiger partial charge on any atom is -0.391 e. The summed E-state index contributed by atoms with van der Waals surface area (Å²) in [6.45, 7) is 4.97. The minimum atomic E-state index is -0.450. The molecule has 0 saturated carbocycles. The van der Waals surface area contributed by atoms with Crippen molar-refractivity contribution in [2.24, 2.45) is 5.92 Å². The van der Waals surface area contributed by atoms with Crippen molar-refractivity contribution in [1.82, 2.24) is 9.88 Å². The van der Waals surface area contributed by atoms with E-state index in [1.807, 2.05) is 45.0 Å². The number of piperidine rings is 1. The highest BCUT2D eigenvalue weighted by atomic mass is 16.3. The van der Waals surface area contributed by atoms with E-state index in [1.165, 1.54) is 0 Å². The van der Waals surface area contributed by atoms with E-state index >= 15 is 0 Å². The Morgan fingerprint density at radius 3 is 2.81 bits per heavy atom. The van der Waals surface area contributed by atoms with E-state index in [2.05, 4.69) is 10.3 Å². The predicted molar refractivity (Wildman–Crippen MR) is 83.7 cm³/mol. The molecule has 1 aromatic heterocycles. The smallest absolute Gasteiger partial charge is 0.322 e. The number of rotatable bonds is 2. The van der Waals surface area contributed by atoms with Gasteiger partial charge in [0.05, 0.1) is 11.8 Å². The van der Waals surface area contributed by atoms with Crippen LogP contribution in [0.5, 0.6) is 0 Å². The van der Waals surface area contributed by atoms with Gasteiger partial charge in [0.1, 0.15) is 0 Å². The maximum absolute atomic E-state index is 12.3. The number of nitrogens with one attached hydrogen (secondary N) is 1. The second-order valence-electron chi connectivity index (χ2n) is 5.93. The van der Waals surface area contributed by atoms with E-state index in [0.717, 1.165) is 17.9 Å². The Bertz CT molecular complexity index is 518. The maximum atomic E-state index is 12.3. The Balaban J connectivity index is 2.09. The lowest BCUT2D eigenvalue weighted by atomic mass is 9.96. The highest BCUT2D eigenvalue weighted by Crippen LogP contribution is 2.23. The first-order valence-corrected chi connectivity index (χ1v) is 7.27. The molecule has 1 aromatic rings. The van der Waals surface area contributed by atoms with Crippen LogP contribution in [0.1, 0.15) is 19.0 Å². The number of carbonyl (C=O) groups is 1. The third-order valence-electron chi connectivity index (χ3n) is 3.89. The fourth-order valence-electron chi connectivity index (χ4n) is 2.41. The molecule has 116 valence electrons. The lowest BCUT2D eigenvalue weighted by molar-refractivity contribution is 0.0464. The summed E-state index contributed by atoms with van der Waals surface area (Å²) in [6.07, 6.45) is 0.371. The van der Waals surface area contributed by atoms with Crippen LogP contribution < -0.4 is 10.2 Å². The number of aliphatic hydroxyl groups is 1. The van der Waals surface area contributed by atoms with Crippen LogP contribution in [0.4, 0.5) is 16.3 Å². The van der Waals surface area contributed by atoms with Gasteiger partial charge in [0.2, 0.25) is 0 Å². The Morgan fingerprint density at radius 1 is 1.48 bits per heavy atom. The molecule has 6 nitrogen and oxygen atoms in total. The number of nitrogens with zero attached hydrogens (tertiary/aromatic N) is 3. The minimum absolute atomic E-state index is 0.185. The molecule has 2 N–H and O–H groups in total. The van der Waals surface area contributed by atoms with Crippen LogP contribution in [0.3, 0.4) is 0 Å². The highest BCUT2D eigenvalue weighted by Gasteiger charge is 2.27. The van der Waals surface area contributed by atoms with Crippen molar-refractivity contribution in [3.8, 4) is 0 Å². The molecule has 1 saturated heterocycles.